The number of aliphatic hydroxyl groups excluding tert-OH is 2. The van der Waals surface area contributed by atoms with Crippen molar-refractivity contribution in [3.63, 3.8) is 0 Å². The Morgan fingerprint density at radius 2 is 1.40 bits per heavy atom. The molecule has 7 fully saturated rings. The van der Waals surface area contributed by atoms with E-state index in [9.17, 15) is 29.4 Å². The summed E-state index contributed by atoms with van der Waals surface area (Å²) in [6.45, 7) is -1.01. The van der Waals surface area contributed by atoms with Gasteiger partial charge in [0.25, 0.3) is 23.6 Å². The molecule has 2 aromatic carbocycles. The Kier molecular flexibility index (Phi) is 6.51. The van der Waals surface area contributed by atoms with Gasteiger partial charge in [-0.15, -0.1) is 0 Å². The molecule has 3 aromatic rings. The van der Waals surface area contributed by atoms with Crippen molar-refractivity contribution in [3.05, 3.63) is 65.9 Å². The van der Waals surface area contributed by atoms with Crippen molar-refractivity contribution in [2.45, 2.75) is 44.0 Å². The third-order valence-corrected chi connectivity index (χ3v) is 19.9. The Hall–Kier alpha value is -2.67. The molecule has 12 nitrogen and oxygen atoms in total. The molecule has 8 aliphatic heterocycles. The fourth-order valence-electron chi connectivity index (χ4n) is 8.48. The molecule has 0 radical (unpaired) electrons. The Morgan fingerprint density at radius 3 is 2.17 bits per heavy atom. The summed E-state index contributed by atoms with van der Waals surface area (Å²) in [5, 5.41) is 25.4. The molecular formula is C31H30N6O6S5. The minimum atomic E-state index is -1.43. The van der Waals surface area contributed by atoms with Crippen molar-refractivity contribution >= 4 is 93.2 Å². The highest BCUT2D eigenvalue weighted by Crippen LogP contribution is 2.69. The van der Waals surface area contributed by atoms with Gasteiger partial charge in [0.1, 0.15) is 11.7 Å². The first-order valence-electron chi connectivity index (χ1n) is 15.3. The van der Waals surface area contributed by atoms with Gasteiger partial charge in [-0.1, -0.05) is 47.2 Å². The summed E-state index contributed by atoms with van der Waals surface area (Å²) in [5.41, 5.74) is 2.53. The van der Waals surface area contributed by atoms with Crippen LogP contribution in [0.1, 0.15) is 17.5 Å². The number of nitrogens with zero attached hydrogens (tertiary/aromatic N) is 5. The molecule has 1 spiro atoms. The highest BCUT2D eigenvalue weighted by molar-refractivity contribution is 9.10. The monoisotopic (exact) mass is 742 g/mol. The maximum Gasteiger partial charge on any atom is 0.265 e. The third-order valence-electron chi connectivity index (χ3n) is 11.1. The molecule has 11 rings (SSSR count). The molecule has 6 atom stereocenters. The summed E-state index contributed by atoms with van der Waals surface area (Å²) < 4.78 is 2.16. The van der Waals surface area contributed by atoms with Crippen LogP contribution < -0.4 is 5.32 Å². The summed E-state index contributed by atoms with van der Waals surface area (Å²) >= 11 is 0. The average molecular weight is 743 g/mol. The number of carbonyl (C=O) groups excluding carboxylic acids is 4. The van der Waals surface area contributed by atoms with Crippen LogP contribution in [0.4, 0.5) is 5.69 Å². The lowest BCUT2D eigenvalue weighted by Crippen LogP contribution is -2.77. The zero-order valence-electron chi connectivity index (χ0n) is 25.9. The number of hydrogen-bond acceptors (Lipinski definition) is 12. The topological polar surface area (TPSA) is 139 Å². The Morgan fingerprint density at radius 1 is 0.771 bits per heavy atom. The number of fused-ring (bicyclic) bond motifs is 10. The van der Waals surface area contributed by atoms with Crippen molar-refractivity contribution in [1.29, 1.82) is 0 Å². The molecule has 1 aromatic heterocycles. The number of amides is 4. The second-order valence-corrected chi connectivity index (χ2v) is 20.2. The number of nitrogens with one attached hydrogen (secondary N) is 1. The van der Waals surface area contributed by atoms with Crippen LogP contribution in [0.2, 0.25) is 0 Å². The average Bonchev–Trinajstić information content (AvgIpc) is 3.68. The van der Waals surface area contributed by atoms with E-state index in [0.717, 1.165) is 27.7 Å². The first-order chi connectivity index (χ1) is 23.0. The van der Waals surface area contributed by atoms with Crippen LogP contribution in [0.5, 0.6) is 0 Å². The maximum atomic E-state index is 14.5. The van der Waals surface area contributed by atoms with Crippen molar-refractivity contribution in [2.24, 2.45) is 0 Å². The lowest BCUT2D eigenvalue weighted by atomic mass is 9.86. The molecule has 250 valence electrons. The first kappa shape index (κ1) is 31.3. The van der Waals surface area contributed by atoms with Gasteiger partial charge in [0.2, 0.25) is 9.74 Å². The number of anilines is 1. The SMILES string of the molecule is CN1C(=O)[C@@]2(Cc3cn([C@]45C[C@]67SS[C@](CO)(C(=O)N6[C@H]4Nc4ccccc45)N(C)C7=O)c4ccccc34)SSS[C@]1(CO)C(=O)N2C. The molecule has 0 aliphatic carbocycles. The van der Waals surface area contributed by atoms with Crippen LogP contribution in [0.3, 0.4) is 0 Å². The molecule has 48 heavy (non-hydrogen) atoms. The number of hydrogen-bond donors (Lipinski definition) is 3. The zero-order chi connectivity index (χ0) is 33.6. The maximum absolute atomic E-state index is 14.5. The highest BCUT2D eigenvalue weighted by atomic mass is 33.5. The van der Waals surface area contributed by atoms with Gasteiger partial charge < -0.3 is 34.8 Å². The highest BCUT2D eigenvalue weighted by Gasteiger charge is 2.78. The van der Waals surface area contributed by atoms with Crippen LogP contribution in [-0.2, 0) is 31.1 Å². The lowest BCUT2D eigenvalue weighted by molar-refractivity contribution is -0.166. The van der Waals surface area contributed by atoms with Crippen LogP contribution in [0.25, 0.3) is 10.9 Å². The molecule has 3 N–H and O–H groups in total. The molecular weight excluding hydrogens is 713 g/mol. The molecule has 7 saturated heterocycles. The summed E-state index contributed by atoms with van der Waals surface area (Å²) in [5.74, 6) is -1.14. The molecule has 9 heterocycles. The van der Waals surface area contributed by atoms with E-state index in [1.807, 2.05) is 54.7 Å². The normalized spacial score (nSPS) is 36.6. The minimum absolute atomic E-state index is 0.190. The Bertz CT molecular complexity index is 2000. The van der Waals surface area contributed by atoms with E-state index < -0.39 is 44.4 Å². The molecule has 0 saturated carbocycles. The van der Waals surface area contributed by atoms with Gasteiger partial charge in [-0.05, 0) is 59.9 Å². The van der Waals surface area contributed by atoms with E-state index in [0.29, 0.717) is 0 Å². The second kappa shape index (κ2) is 9.98. The largest absolute Gasteiger partial charge is 0.392 e. The van der Waals surface area contributed by atoms with Gasteiger partial charge in [-0.2, -0.15) is 0 Å². The second-order valence-electron chi connectivity index (χ2n) is 13.0. The standard InChI is InChI=1S/C31H30N6O6S5/c1-33-25(42)30(15-38)34(2)23(40)28(33,46-48-47-30)12-17-13-36(21-11-7-4-8-18(17)21)27-14-29-24(41)35(3)31(16-39,45-44-29)26(43)37(29)22(27)32-20-10-6-5-9-19(20)27/h4-11,13,22,32,38-39H,12,14-16H2,1-3H3/t22-,27+,28-,29-,30-,31-/m1/s1. The Labute approximate surface area is 294 Å². The summed E-state index contributed by atoms with van der Waals surface area (Å²) in [6.07, 6.45) is 1.83. The molecule has 4 bridgehead atoms. The van der Waals surface area contributed by atoms with Gasteiger partial charge in [-0.25, -0.2) is 0 Å². The fraction of sp³-hybridized carbons (Fsp3) is 0.419. The summed E-state index contributed by atoms with van der Waals surface area (Å²) in [6, 6.07) is 15.8. The van der Waals surface area contributed by atoms with E-state index in [2.05, 4.69) is 9.88 Å². The van der Waals surface area contributed by atoms with Gasteiger partial charge in [-0.3, -0.25) is 24.1 Å². The van der Waals surface area contributed by atoms with Gasteiger partial charge in [0.15, 0.2) is 9.74 Å². The number of piperazine rings is 2. The number of likely N-dealkylation sites (N-methyl/N-ethyl adjacent to an activating group) is 3. The van der Waals surface area contributed by atoms with Gasteiger partial charge >= 0.3 is 0 Å². The van der Waals surface area contributed by atoms with Crippen LogP contribution in [-0.4, -0.2) is 118 Å². The van der Waals surface area contributed by atoms with Gasteiger partial charge in [0, 0.05) is 62.3 Å². The molecule has 4 amide bonds. The van der Waals surface area contributed by atoms with E-state index in [1.165, 1.54) is 67.7 Å². The van der Waals surface area contributed by atoms with Crippen molar-refractivity contribution < 1.29 is 29.4 Å². The smallest absolute Gasteiger partial charge is 0.265 e. The quantitative estimate of drug-likeness (QED) is 0.332. The number of benzene rings is 2. The predicted octanol–water partition coefficient (Wildman–Crippen LogP) is 2.52. The summed E-state index contributed by atoms with van der Waals surface area (Å²) in [4.78, 5) is 57.5. The van der Waals surface area contributed by atoms with E-state index >= 15 is 0 Å². The van der Waals surface area contributed by atoms with Crippen LogP contribution in [0.15, 0.2) is 54.7 Å². The lowest BCUT2D eigenvalue weighted by Gasteiger charge is -2.57. The number of para-hydroxylation sites is 2. The predicted molar refractivity (Wildman–Crippen MR) is 189 cm³/mol. The van der Waals surface area contributed by atoms with E-state index in [4.69, 9.17) is 0 Å². The Balaban J connectivity index is 1.25. The molecule has 8 aliphatic rings. The van der Waals surface area contributed by atoms with E-state index in [-0.39, 0.29) is 36.5 Å². The van der Waals surface area contributed by atoms with Crippen molar-refractivity contribution in [2.75, 3.05) is 39.7 Å². The number of carbonyl (C=O) groups is 4. The van der Waals surface area contributed by atoms with Gasteiger partial charge in [0.05, 0.1) is 13.2 Å². The number of rotatable bonds is 5. The van der Waals surface area contributed by atoms with Crippen molar-refractivity contribution in [3.8, 4) is 0 Å². The number of aromatic nitrogens is 1. The van der Waals surface area contributed by atoms with Crippen molar-refractivity contribution in [1.82, 2.24) is 24.2 Å². The van der Waals surface area contributed by atoms with E-state index in [1.54, 1.807) is 26.0 Å². The zero-order valence-corrected chi connectivity index (χ0v) is 30.0. The van der Waals surface area contributed by atoms with Crippen LogP contribution in [0, 0.1) is 0 Å². The first-order valence-corrected chi connectivity index (χ1v) is 20.9. The summed E-state index contributed by atoms with van der Waals surface area (Å²) in [7, 11) is 11.2. The number of aliphatic hydroxyl groups is 2. The molecule has 17 heteroatoms. The van der Waals surface area contributed by atoms with Crippen LogP contribution >= 0.6 is 53.0 Å². The fourth-order valence-corrected chi connectivity index (χ4v) is 18.0. The third kappa shape index (κ3) is 3.30. The molecule has 0 unspecified atom stereocenters. The minimum Gasteiger partial charge on any atom is -0.392 e.